The highest BCUT2D eigenvalue weighted by Crippen LogP contribution is 2.25. The van der Waals surface area contributed by atoms with Gasteiger partial charge >= 0.3 is 0 Å². The van der Waals surface area contributed by atoms with Crippen molar-refractivity contribution in [2.24, 2.45) is 4.99 Å². The summed E-state index contributed by atoms with van der Waals surface area (Å²) < 4.78 is 0. The Morgan fingerprint density at radius 2 is 2.22 bits per heavy atom. The zero-order valence-electron chi connectivity index (χ0n) is 14.2. The van der Waals surface area contributed by atoms with Crippen LogP contribution in [-0.4, -0.2) is 49.1 Å². The number of aromatic nitrogens is 1. The first-order valence-electron chi connectivity index (χ1n) is 7.96. The molecule has 1 aliphatic heterocycles. The molecule has 5 nitrogen and oxygen atoms in total. The minimum absolute atomic E-state index is 0. The van der Waals surface area contributed by atoms with Crippen molar-refractivity contribution in [3.05, 3.63) is 23.9 Å². The zero-order chi connectivity index (χ0) is 15.8. The number of anilines is 1. The first-order chi connectivity index (χ1) is 10.7. The molecular formula is C16H28IN5S. The third-order valence-corrected chi connectivity index (χ3v) is 4.91. The van der Waals surface area contributed by atoms with Crippen molar-refractivity contribution in [1.82, 2.24) is 15.6 Å². The lowest BCUT2D eigenvalue weighted by atomic mass is 10.2. The molecule has 0 spiro atoms. The second-order valence-corrected chi connectivity index (χ2v) is 7.00. The molecule has 23 heavy (non-hydrogen) atoms. The molecule has 7 heteroatoms. The summed E-state index contributed by atoms with van der Waals surface area (Å²) in [5.74, 6) is 3.14. The van der Waals surface area contributed by atoms with Gasteiger partial charge in [0.1, 0.15) is 5.82 Å². The van der Waals surface area contributed by atoms with Gasteiger partial charge in [0.05, 0.1) is 12.2 Å². The van der Waals surface area contributed by atoms with Crippen molar-refractivity contribution in [2.45, 2.75) is 31.6 Å². The van der Waals surface area contributed by atoms with E-state index in [-0.39, 0.29) is 24.0 Å². The molecule has 0 saturated carbocycles. The molecule has 1 aromatic rings. The lowest BCUT2D eigenvalue weighted by Crippen LogP contribution is -2.40. The number of guanidine groups is 1. The van der Waals surface area contributed by atoms with E-state index in [1.807, 2.05) is 37.2 Å². The molecule has 2 N–H and O–H groups in total. The van der Waals surface area contributed by atoms with Crippen molar-refractivity contribution >= 4 is 47.5 Å². The van der Waals surface area contributed by atoms with Gasteiger partial charge in [-0.2, -0.15) is 11.8 Å². The molecule has 1 fully saturated rings. The van der Waals surface area contributed by atoms with E-state index in [1.165, 1.54) is 18.6 Å². The Kier molecular flexibility index (Phi) is 9.69. The number of thioether (sulfide) groups is 1. The average Bonchev–Trinajstić information content (AvgIpc) is 3.03. The van der Waals surface area contributed by atoms with Gasteiger partial charge < -0.3 is 15.5 Å². The predicted octanol–water partition coefficient (Wildman–Crippen LogP) is 2.72. The van der Waals surface area contributed by atoms with Crippen LogP contribution in [-0.2, 0) is 6.54 Å². The summed E-state index contributed by atoms with van der Waals surface area (Å²) in [7, 11) is 4.00. The van der Waals surface area contributed by atoms with E-state index in [4.69, 9.17) is 0 Å². The van der Waals surface area contributed by atoms with E-state index in [0.29, 0.717) is 6.54 Å². The minimum atomic E-state index is 0. The summed E-state index contributed by atoms with van der Waals surface area (Å²) in [4.78, 5) is 11.3. The molecule has 0 radical (unpaired) electrons. The van der Waals surface area contributed by atoms with E-state index < -0.39 is 0 Å². The van der Waals surface area contributed by atoms with Gasteiger partial charge in [-0.3, -0.25) is 0 Å². The topological polar surface area (TPSA) is 52.6 Å². The normalized spacial score (nSPS) is 17.5. The number of nitrogens with zero attached hydrogens (tertiary/aromatic N) is 3. The Labute approximate surface area is 161 Å². The molecule has 1 aliphatic rings. The number of halogens is 1. The Balaban J connectivity index is 0.00000264. The zero-order valence-corrected chi connectivity index (χ0v) is 17.4. The predicted molar refractivity (Wildman–Crippen MR) is 112 cm³/mol. The Morgan fingerprint density at radius 1 is 1.39 bits per heavy atom. The number of hydrogen-bond acceptors (Lipinski definition) is 4. The summed E-state index contributed by atoms with van der Waals surface area (Å²) in [5, 5.41) is 7.48. The van der Waals surface area contributed by atoms with E-state index >= 15 is 0 Å². The van der Waals surface area contributed by atoms with Crippen molar-refractivity contribution in [3.8, 4) is 0 Å². The third-order valence-electron chi connectivity index (χ3n) is 3.51. The number of aliphatic imine (C=N–C) groups is 1. The van der Waals surface area contributed by atoms with Gasteiger partial charge in [-0.25, -0.2) is 9.98 Å². The van der Waals surface area contributed by atoms with Crippen LogP contribution < -0.4 is 15.5 Å². The molecule has 0 aromatic carbocycles. The Morgan fingerprint density at radius 3 is 2.87 bits per heavy atom. The highest BCUT2D eigenvalue weighted by atomic mass is 127. The first kappa shape index (κ1) is 20.3. The quantitative estimate of drug-likeness (QED) is 0.398. The van der Waals surface area contributed by atoms with E-state index in [0.717, 1.165) is 35.8 Å². The van der Waals surface area contributed by atoms with Gasteiger partial charge in [-0.1, -0.05) is 6.07 Å². The first-order valence-corrected chi connectivity index (χ1v) is 9.01. The fourth-order valence-corrected chi connectivity index (χ4v) is 3.52. The highest BCUT2D eigenvalue weighted by molar-refractivity contribution is 14.0. The SMILES string of the molecule is CCNC(=NCc1cccc(N(C)C)n1)NCC1CCCS1.I. The molecule has 1 unspecified atom stereocenters. The minimum Gasteiger partial charge on any atom is -0.363 e. The summed E-state index contributed by atoms with van der Waals surface area (Å²) in [6.07, 6.45) is 2.65. The fourth-order valence-electron chi connectivity index (χ4n) is 2.32. The van der Waals surface area contributed by atoms with E-state index in [2.05, 4.69) is 39.3 Å². The molecule has 0 aliphatic carbocycles. The van der Waals surface area contributed by atoms with Crippen molar-refractivity contribution in [2.75, 3.05) is 37.8 Å². The van der Waals surface area contributed by atoms with Gasteiger partial charge in [0.25, 0.3) is 0 Å². The van der Waals surface area contributed by atoms with Crippen LogP contribution in [0.15, 0.2) is 23.2 Å². The molecule has 130 valence electrons. The Bertz CT molecular complexity index is 489. The molecule has 0 amide bonds. The molecule has 2 rings (SSSR count). The number of hydrogen-bond donors (Lipinski definition) is 2. The lowest BCUT2D eigenvalue weighted by molar-refractivity contribution is 0.726. The summed E-state index contributed by atoms with van der Waals surface area (Å²) in [6, 6.07) is 6.06. The van der Waals surface area contributed by atoms with Crippen LogP contribution in [0.25, 0.3) is 0 Å². The maximum absolute atomic E-state index is 4.65. The van der Waals surface area contributed by atoms with Gasteiger partial charge in [0.15, 0.2) is 5.96 Å². The van der Waals surface area contributed by atoms with Crippen LogP contribution in [0, 0.1) is 0 Å². The Hall–Kier alpha value is -0.700. The summed E-state index contributed by atoms with van der Waals surface area (Å²) >= 11 is 2.06. The van der Waals surface area contributed by atoms with Gasteiger partial charge in [0, 0.05) is 32.4 Å². The molecule has 1 aromatic heterocycles. The number of rotatable bonds is 6. The van der Waals surface area contributed by atoms with Gasteiger partial charge in [-0.15, -0.1) is 24.0 Å². The smallest absolute Gasteiger partial charge is 0.191 e. The summed E-state index contributed by atoms with van der Waals surface area (Å²) in [6.45, 7) is 4.54. The maximum Gasteiger partial charge on any atom is 0.191 e. The van der Waals surface area contributed by atoms with Gasteiger partial charge in [0.2, 0.25) is 0 Å². The van der Waals surface area contributed by atoms with Crippen LogP contribution in [0.1, 0.15) is 25.5 Å². The molecule has 2 heterocycles. The second kappa shape index (κ2) is 11.0. The standard InChI is InChI=1S/C16H27N5S.HI/c1-4-17-16(19-12-14-8-6-10-22-14)18-11-13-7-5-9-15(20-13)21(2)3;/h5,7,9,14H,4,6,8,10-12H2,1-3H3,(H2,17,18,19);1H. The lowest BCUT2D eigenvalue weighted by Gasteiger charge is -2.15. The largest absolute Gasteiger partial charge is 0.363 e. The van der Waals surface area contributed by atoms with Crippen molar-refractivity contribution in [3.63, 3.8) is 0 Å². The molecule has 1 atom stereocenters. The van der Waals surface area contributed by atoms with Crippen LogP contribution in [0.3, 0.4) is 0 Å². The molecule has 1 saturated heterocycles. The highest BCUT2D eigenvalue weighted by Gasteiger charge is 2.15. The molecular weight excluding hydrogens is 421 g/mol. The van der Waals surface area contributed by atoms with Crippen molar-refractivity contribution in [1.29, 1.82) is 0 Å². The third kappa shape index (κ3) is 7.15. The van der Waals surface area contributed by atoms with Gasteiger partial charge in [-0.05, 0) is 37.7 Å². The van der Waals surface area contributed by atoms with Crippen LogP contribution in [0.4, 0.5) is 5.82 Å². The monoisotopic (exact) mass is 449 g/mol. The van der Waals surface area contributed by atoms with E-state index in [9.17, 15) is 0 Å². The average molecular weight is 449 g/mol. The van der Waals surface area contributed by atoms with Crippen LogP contribution in [0.5, 0.6) is 0 Å². The molecule has 0 bridgehead atoms. The van der Waals surface area contributed by atoms with Crippen LogP contribution >= 0.6 is 35.7 Å². The maximum atomic E-state index is 4.65. The van der Waals surface area contributed by atoms with Crippen molar-refractivity contribution < 1.29 is 0 Å². The number of nitrogens with one attached hydrogen (secondary N) is 2. The second-order valence-electron chi connectivity index (χ2n) is 5.59. The summed E-state index contributed by atoms with van der Waals surface area (Å²) in [5.41, 5.74) is 0.985. The van der Waals surface area contributed by atoms with E-state index in [1.54, 1.807) is 0 Å². The fraction of sp³-hybridized carbons (Fsp3) is 0.625. The number of pyridine rings is 1. The van der Waals surface area contributed by atoms with Crippen LogP contribution in [0.2, 0.25) is 0 Å².